The molecule has 1 aliphatic rings. The molecule has 0 amide bonds. The van der Waals surface area contributed by atoms with Gasteiger partial charge in [0.15, 0.2) is 5.82 Å². The van der Waals surface area contributed by atoms with Gasteiger partial charge < -0.3 is 20.2 Å². The first-order chi connectivity index (χ1) is 16.9. The van der Waals surface area contributed by atoms with Crippen LogP contribution in [0.5, 0.6) is 11.5 Å². The fraction of sp³-hybridized carbons (Fsp3) is 0.417. The van der Waals surface area contributed by atoms with Crippen LogP contribution in [-0.4, -0.2) is 45.7 Å². The quantitative estimate of drug-likeness (QED) is 0.244. The van der Waals surface area contributed by atoms with Crippen molar-refractivity contribution < 1.29 is 17.9 Å². The summed E-state index contributed by atoms with van der Waals surface area (Å²) in [6.45, 7) is 1.14. The smallest absolute Gasteiger partial charge is 0.244 e. The van der Waals surface area contributed by atoms with Gasteiger partial charge in [-0.3, -0.25) is 0 Å². The molecule has 5 N–H and O–H groups in total. The number of benzene rings is 2. The Kier molecular flexibility index (Phi) is 7.89. The summed E-state index contributed by atoms with van der Waals surface area (Å²) in [6.07, 6.45) is 3.88. The Morgan fingerprint density at radius 2 is 1.69 bits per heavy atom. The molecule has 10 nitrogen and oxygen atoms in total. The van der Waals surface area contributed by atoms with Gasteiger partial charge in [-0.2, -0.15) is 4.98 Å². The predicted molar refractivity (Wildman–Crippen MR) is 136 cm³/mol. The largest absolute Gasteiger partial charge is 0.497 e. The van der Waals surface area contributed by atoms with Gasteiger partial charge in [0.1, 0.15) is 16.4 Å². The van der Waals surface area contributed by atoms with Crippen LogP contribution in [0.15, 0.2) is 47.4 Å². The van der Waals surface area contributed by atoms with Crippen LogP contribution in [0.2, 0.25) is 0 Å². The lowest BCUT2D eigenvalue weighted by Gasteiger charge is -2.28. The van der Waals surface area contributed by atoms with Crippen LogP contribution in [0.25, 0.3) is 10.9 Å². The van der Waals surface area contributed by atoms with E-state index in [0.717, 1.165) is 43.1 Å². The number of rotatable bonds is 10. The summed E-state index contributed by atoms with van der Waals surface area (Å²) in [4.78, 5) is 9.14. The van der Waals surface area contributed by atoms with Crippen LogP contribution < -0.4 is 30.8 Å². The zero-order valence-corrected chi connectivity index (χ0v) is 20.8. The summed E-state index contributed by atoms with van der Waals surface area (Å²) in [6, 6.07) is 12.4. The van der Waals surface area contributed by atoms with Crippen molar-refractivity contribution in [2.24, 2.45) is 17.7 Å². The molecule has 1 fully saturated rings. The van der Waals surface area contributed by atoms with E-state index in [9.17, 15) is 8.42 Å². The zero-order chi connectivity index (χ0) is 24.8. The highest BCUT2D eigenvalue weighted by Gasteiger charge is 2.25. The van der Waals surface area contributed by atoms with Crippen molar-refractivity contribution in [2.45, 2.75) is 30.6 Å². The second-order valence-corrected chi connectivity index (χ2v) is 10.4. The Balaban J connectivity index is 1.29. The fourth-order valence-electron chi connectivity index (χ4n) is 4.44. The number of hydrogen-bond donors (Lipinski definition) is 4. The van der Waals surface area contributed by atoms with E-state index in [1.165, 1.54) is 20.3 Å². The van der Waals surface area contributed by atoms with Crippen molar-refractivity contribution >= 4 is 32.7 Å². The van der Waals surface area contributed by atoms with Crippen LogP contribution in [0.4, 0.5) is 11.8 Å². The standard InChI is InChI=1S/C24H32N6O4S/c1-33-18-11-12-21(34-2)22(13-18)35(31,32)27-15-17-9-7-16(8-10-17)14-26-24-28-20-6-4-3-5-19(20)23(29-24)30-25/h3-6,11-13,16-17,27H,7-10,14-15,25H2,1-2H3,(H2,26,28,29,30)/t16-,17-. The monoisotopic (exact) mass is 500 g/mol. The molecule has 0 spiro atoms. The molecule has 188 valence electrons. The third-order valence-electron chi connectivity index (χ3n) is 6.48. The van der Waals surface area contributed by atoms with Gasteiger partial charge in [-0.05, 0) is 61.8 Å². The third kappa shape index (κ3) is 5.92. The van der Waals surface area contributed by atoms with Gasteiger partial charge in [0, 0.05) is 24.5 Å². The highest BCUT2D eigenvalue weighted by molar-refractivity contribution is 7.89. The number of nitrogens with zero attached hydrogens (tertiary/aromatic N) is 2. The van der Waals surface area contributed by atoms with Gasteiger partial charge in [0.05, 0.1) is 19.7 Å². The first-order valence-electron chi connectivity index (χ1n) is 11.6. The van der Waals surface area contributed by atoms with Crippen molar-refractivity contribution in [1.82, 2.24) is 14.7 Å². The van der Waals surface area contributed by atoms with Gasteiger partial charge in [-0.1, -0.05) is 12.1 Å². The molecule has 0 radical (unpaired) electrons. The number of para-hydroxylation sites is 1. The maximum Gasteiger partial charge on any atom is 0.244 e. The molecule has 3 aromatic rings. The summed E-state index contributed by atoms with van der Waals surface area (Å²) >= 11 is 0. The summed E-state index contributed by atoms with van der Waals surface area (Å²) in [5, 5.41) is 4.21. The number of methoxy groups -OCH3 is 2. The van der Waals surface area contributed by atoms with Gasteiger partial charge >= 0.3 is 0 Å². The minimum atomic E-state index is -3.72. The number of fused-ring (bicyclic) bond motifs is 1. The van der Waals surface area contributed by atoms with Crippen molar-refractivity contribution in [3.8, 4) is 11.5 Å². The Morgan fingerprint density at radius 1 is 0.971 bits per heavy atom. The number of hydrogen-bond acceptors (Lipinski definition) is 9. The van der Waals surface area contributed by atoms with Gasteiger partial charge in [-0.25, -0.2) is 24.0 Å². The average Bonchev–Trinajstić information content (AvgIpc) is 2.90. The van der Waals surface area contributed by atoms with Crippen molar-refractivity contribution in [3.05, 3.63) is 42.5 Å². The lowest BCUT2D eigenvalue weighted by atomic mass is 9.82. The van der Waals surface area contributed by atoms with E-state index in [2.05, 4.69) is 25.4 Å². The molecular weight excluding hydrogens is 468 g/mol. The summed E-state index contributed by atoms with van der Waals surface area (Å²) in [7, 11) is -0.770. The van der Waals surface area contributed by atoms with E-state index in [1.807, 2.05) is 24.3 Å². The maximum absolute atomic E-state index is 12.9. The van der Waals surface area contributed by atoms with Crippen LogP contribution in [0, 0.1) is 11.8 Å². The lowest BCUT2D eigenvalue weighted by molar-refractivity contribution is 0.284. The minimum Gasteiger partial charge on any atom is -0.497 e. The van der Waals surface area contributed by atoms with Crippen LogP contribution in [0.1, 0.15) is 25.7 Å². The summed E-state index contributed by atoms with van der Waals surface area (Å²) in [5.74, 6) is 8.26. The number of sulfonamides is 1. The van der Waals surface area contributed by atoms with Crippen LogP contribution >= 0.6 is 0 Å². The molecule has 11 heteroatoms. The molecule has 0 saturated heterocycles. The topological polar surface area (TPSA) is 140 Å². The number of anilines is 2. The van der Waals surface area contributed by atoms with E-state index < -0.39 is 10.0 Å². The lowest BCUT2D eigenvalue weighted by Crippen LogP contribution is -2.32. The number of aromatic nitrogens is 2. The predicted octanol–water partition coefficient (Wildman–Crippen LogP) is 3.13. The van der Waals surface area contributed by atoms with Crippen LogP contribution in [0.3, 0.4) is 0 Å². The average molecular weight is 501 g/mol. The van der Waals surface area contributed by atoms with Crippen molar-refractivity contribution in [2.75, 3.05) is 38.1 Å². The summed E-state index contributed by atoms with van der Waals surface area (Å²) in [5.41, 5.74) is 3.46. The van der Waals surface area contributed by atoms with E-state index in [1.54, 1.807) is 12.1 Å². The molecule has 4 rings (SSSR count). The third-order valence-corrected chi connectivity index (χ3v) is 7.92. The number of ether oxygens (including phenoxy) is 2. The maximum atomic E-state index is 12.9. The number of hydrazine groups is 1. The Labute approximate surface area is 205 Å². The number of nitrogen functional groups attached to an aromatic ring is 1. The Bertz CT molecular complexity index is 1260. The SMILES string of the molecule is COc1ccc(OC)c(S(=O)(=O)NC[C@H]2CC[C@H](CNc3nc(NN)c4ccccc4n3)CC2)c1. The molecule has 1 aromatic heterocycles. The molecule has 0 aliphatic heterocycles. The number of nitrogens with one attached hydrogen (secondary N) is 3. The molecule has 0 unspecified atom stereocenters. The highest BCUT2D eigenvalue weighted by atomic mass is 32.2. The Morgan fingerprint density at radius 3 is 2.37 bits per heavy atom. The van der Waals surface area contributed by atoms with Crippen molar-refractivity contribution in [1.29, 1.82) is 0 Å². The molecule has 1 saturated carbocycles. The fourth-order valence-corrected chi connectivity index (χ4v) is 5.74. The van der Waals surface area contributed by atoms with Crippen LogP contribution in [-0.2, 0) is 10.0 Å². The normalized spacial score (nSPS) is 18.3. The second-order valence-electron chi connectivity index (χ2n) is 8.69. The molecule has 2 aromatic carbocycles. The van der Waals surface area contributed by atoms with Crippen molar-refractivity contribution in [3.63, 3.8) is 0 Å². The Hall–Kier alpha value is -3.15. The molecule has 35 heavy (non-hydrogen) atoms. The van der Waals surface area contributed by atoms with E-state index in [0.29, 0.717) is 30.0 Å². The highest BCUT2D eigenvalue weighted by Crippen LogP contribution is 2.31. The van der Waals surface area contributed by atoms with E-state index in [-0.39, 0.29) is 16.6 Å². The molecule has 1 heterocycles. The molecule has 1 aliphatic carbocycles. The minimum absolute atomic E-state index is 0.0824. The number of nitrogens with two attached hydrogens (primary N) is 1. The second kappa shape index (κ2) is 11.1. The van der Waals surface area contributed by atoms with E-state index >= 15 is 0 Å². The summed E-state index contributed by atoms with van der Waals surface area (Å²) < 4.78 is 39.0. The molecular formula is C24H32N6O4S. The van der Waals surface area contributed by atoms with Gasteiger partial charge in [-0.15, -0.1) is 0 Å². The molecule has 0 bridgehead atoms. The first-order valence-corrected chi connectivity index (χ1v) is 13.1. The molecule has 0 atom stereocenters. The van der Waals surface area contributed by atoms with Gasteiger partial charge in [0.25, 0.3) is 0 Å². The van der Waals surface area contributed by atoms with Gasteiger partial charge in [0.2, 0.25) is 16.0 Å². The van der Waals surface area contributed by atoms with E-state index in [4.69, 9.17) is 15.3 Å². The zero-order valence-electron chi connectivity index (χ0n) is 20.0. The first kappa shape index (κ1) is 25.0.